The van der Waals surface area contributed by atoms with Crippen LogP contribution in [0.25, 0.3) is 0 Å². The zero-order valence-corrected chi connectivity index (χ0v) is 12.2. The van der Waals surface area contributed by atoms with Crippen molar-refractivity contribution in [3.05, 3.63) is 22.9 Å². The van der Waals surface area contributed by atoms with Gasteiger partial charge < -0.3 is 15.7 Å². The molecule has 0 saturated carbocycles. The number of rotatable bonds is 3. The van der Waals surface area contributed by atoms with Gasteiger partial charge in [-0.2, -0.15) is 0 Å². The average molecular weight is 293 g/mol. The van der Waals surface area contributed by atoms with Crippen LogP contribution in [0.3, 0.4) is 0 Å². The number of fused-ring (bicyclic) bond motifs is 1. The number of nitrogens with two attached hydrogens (primary N) is 1. The molecule has 3 rings (SSSR count). The largest absolute Gasteiger partial charge is 0.409 e. The average Bonchev–Trinajstić information content (AvgIpc) is 2.94. The van der Waals surface area contributed by atoms with Gasteiger partial charge in [-0.05, 0) is 43.7 Å². The molecule has 20 heavy (non-hydrogen) atoms. The Labute approximate surface area is 122 Å². The van der Waals surface area contributed by atoms with Gasteiger partial charge in [-0.3, -0.25) is 0 Å². The van der Waals surface area contributed by atoms with E-state index in [0.717, 1.165) is 55.9 Å². The summed E-state index contributed by atoms with van der Waals surface area (Å²) in [5, 5.41) is 13.5. The Morgan fingerprint density at radius 1 is 1.40 bits per heavy atom. The van der Waals surface area contributed by atoms with Crippen LogP contribution < -0.4 is 5.73 Å². The van der Waals surface area contributed by atoms with E-state index >= 15 is 0 Å². The molecule has 0 aromatic carbocycles. The number of ether oxygens (including phenoxy) is 1. The monoisotopic (exact) mass is 293 g/mol. The summed E-state index contributed by atoms with van der Waals surface area (Å²) < 4.78 is 5.39. The van der Waals surface area contributed by atoms with E-state index in [0.29, 0.717) is 5.25 Å². The molecular weight excluding hydrogens is 274 g/mol. The third-order valence-corrected chi connectivity index (χ3v) is 5.19. The molecule has 1 aliphatic carbocycles. The van der Waals surface area contributed by atoms with Crippen LogP contribution in [-0.2, 0) is 17.6 Å². The van der Waals surface area contributed by atoms with Gasteiger partial charge in [0.25, 0.3) is 0 Å². The number of pyridine rings is 1. The van der Waals surface area contributed by atoms with E-state index in [4.69, 9.17) is 20.7 Å². The normalized spacial score (nSPS) is 20.1. The van der Waals surface area contributed by atoms with E-state index in [-0.39, 0.29) is 5.84 Å². The Hall–Kier alpha value is -1.27. The van der Waals surface area contributed by atoms with Crippen molar-refractivity contribution in [3.63, 3.8) is 0 Å². The topological polar surface area (TPSA) is 80.7 Å². The minimum absolute atomic E-state index is 0.154. The van der Waals surface area contributed by atoms with E-state index in [1.165, 1.54) is 11.3 Å². The van der Waals surface area contributed by atoms with Crippen LogP contribution in [0.2, 0.25) is 0 Å². The molecule has 6 heteroatoms. The Bertz CT molecular complexity index is 527. The van der Waals surface area contributed by atoms with Crippen LogP contribution in [0.5, 0.6) is 0 Å². The van der Waals surface area contributed by atoms with Crippen molar-refractivity contribution in [3.8, 4) is 0 Å². The molecule has 5 nitrogen and oxygen atoms in total. The zero-order valence-electron chi connectivity index (χ0n) is 11.3. The maximum Gasteiger partial charge on any atom is 0.172 e. The van der Waals surface area contributed by atoms with Crippen molar-refractivity contribution in [1.29, 1.82) is 0 Å². The lowest BCUT2D eigenvalue weighted by Gasteiger charge is -2.22. The lowest BCUT2D eigenvalue weighted by atomic mass is 10.1. The summed E-state index contributed by atoms with van der Waals surface area (Å²) in [6, 6.07) is 2.05. The molecule has 2 heterocycles. The predicted octanol–water partition coefficient (Wildman–Crippen LogP) is 1.94. The van der Waals surface area contributed by atoms with Crippen molar-refractivity contribution >= 4 is 17.6 Å². The van der Waals surface area contributed by atoms with Crippen LogP contribution in [0.15, 0.2) is 16.2 Å². The summed E-state index contributed by atoms with van der Waals surface area (Å²) >= 11 is 1.74. The highest BCUT2D eigenvalue weighted by Crippen LogP contribution is 2.33. The molecule has 3 N–H and O–H groups in total. The molecule has 0 unspecified atom stereocenters. The van der Waals surface area contributed by atoms with E-state index in [2.05, 4.69) is 5.16 Å². The quantitative estimate of drug-likeness (QED) is 0.385. The minimum Gasteiger partial charge on any atom is -0.409 e. The van der Waals surface area contributed by atoms with Crippen LogP contribution in [0.1, 0.15) is 36.1 Å². The highest BCUT2D eigenvalue weighted by molar-refractivity contribution is 7.99. The van der Waals surface area contributed by atoms with Crippen molar-refractivity contribution in [1.82, 2.24) is 4.98 Å². The summed E-state index contributed by atoms with van der Waals surface area (Å²) in [7, 11) is 0. The highest BCUT2D eigenvalue weighted by atomic mass is 32.2. The second-order valence-corrected chi connectivity index (χ2v) is 6.50. The number of amidine groups is 1. The van der Waals surface area contributed by atoms with Gasteiger partial charge in [0.05, 0.1) is 5.56 Å². The second kappa shape index (κ2) is 6.01. The molecule has 1 aliphatic heterocycles. The van der Waals surface area contributed by atoms with Crippen LogP contribution in [0.4, 0.5) is 0 Å². The second-order valence-electron chi connectivity index (χ2n) is 5.22. The number of thioether (sulfide) groups is 1. The van der Waals surface area contributed by atoms with Gasteiger partial charge in [0.1, 0.15) is 5.03 Å². The Morgan fingerprint density at radius 3 is 2.95 bits per heavy atom. The Morgan fingerprint density at radius 2 is 2.20 bits per heavy atom. The Kier molecular flexibility index (Phi) is 4.12. The lowest BCUT2D eigenvalue weighted by Crippen LogP contribution is -2.20. The SMILES string of the molecule is NC(=NO)c1cc2c(nc1SC1CCOCC1)CCC2. The van der Waals surface area contributed by atoms with Gasteiger partial charge in [0.2, 0.25) is 0 Å². The number of aryl methyl sites for hydroxylation is 2. The van der Waals surface area contributed by atoms with E-state index in [9.17, 15) is 0 Å². The molecule has 0 atom stereocenters. The van der Waals surface area contributed by atoms with Gasteiger partial charge in [0.15, 0.2) is 5.84 Å². The van der Waals surface area contributed by atoms with E-state index in [1.54, 1.807) is 11.8 Å². The standard InChI is InChI=1S/C14H19N3O2S/c15-13(17-18)11-8-9-2-1-3-12(9)16-14(11)20-10-4-6-19-7-5-10/h8,10,18H,1-7H2,(H2,15,17). The minimum atomic E-state index is 0.154. The highest BCUT2D eigenvalue weighted by Gasteiger charge is 2.22. The molecular formula is C14H19N3O2S. The van der Waals surface area contributed by atoms with Crippen molar-refractivity contribution < 1.29 is 9.94 Å². The molecule has 0 bridgehead atoms. The predicted molar refractivity (Wildman–Crippen MR) is 78.5 cm³/mol. The third kappa shape index (κ3) is 2.76. The number of hydrogen-bond acceptors (Lipinski definition) is 5. The third-order valence-electron chi connectivity index (χ3n) is 3.85. The first-order chi connectivity index (χ1) is 9.78. The molecule has 1 aromatic rings. The van der Waals surface area contributed by atoms with Gasteiger partial charge in [-0.1, -0.05) is 5.16 Å². The van der Waals surface area contributed by atoms with Gasteiger partial charge in [-0.15, -0.1) is 11.8 Å². The fourth-order valence-corrected chi connectivity index (χ4v) is 3.93. The van der Waals surface area contributed by atoms with Gasteiger partial charge in [-0.25, -0.2) is 4.98 Å². The molecule has 2 aliphatic rings. The molecule has 1 aromatic heterocycles. The number of nitrogens with zero attached hydrogens (tertiary/aromatic N) is 2. The smallest absolute Gasteiger partial charge is 0.172 e. The van der Waals surface area contributed by atoms with Crippen molar-refractivity contribution in [2.24, 2.45) is 10.9 Å². The van der Waals surface area contributed by atoms with Crippen LogP contribution in [0, 0.1) is 0 Å². The van der Waals surface area contributed by atoms with Crippen LogP contribution in [-0.4, -0.2) is 34.5 Å². The maximum atomic E-state index is 8.97. The fraction of sp³-hybridized carbons (Fsp3) is 0.571. The summed E-state index contributed by atoms with van der Waals surface area (Å²) in [6.07, 6.45) is 5.27. The van der Waals surface area contributed by atoms with Crippen LogP contribution >= 0.6 is 11.8 Å². The first kappa shape index (κ1) is 13.7. The first-order valence-electron chi connectivity index (χ1n) is 7.03. The van der Waals surface area contributed by atoms with Gasteiger partial charge in [0, 0.05) is 24.2 Å². The molecule has 108 valence electrons. The number of aromatic nitrogens is 1. The van der Waals surface area contributed by atoms with Crippen molar-refractivity contribution in [2.75, 3.05) is 13.2 Å². The summed E-state index contributed by atoms with van der Waals surface area (Å²) in [4.78, 5) is 4.77. The molecule has 0 spiro atoms. The van der Waals surface area contributed by atoms with E-state index in [1.807, 2.05) is 6.07 Å². The molecule has 0 amide bonds. The summed E-state index contributed by atoms with van der Waals surface area (Å²) in [6.45, 7) is 1.61. The molecule has 1 saturated heterocycles. The number of oxime groups is 1. The molecule has 1 fully saturated rings. The van der Waals surface area contributed by atoms with E-state index < -0.39 is 0 Å². The maximum absolute atomic E-state index is 8.97. The first-order valence-corrected chi connectivity index (χ1v) is 7.91. The molecule has 0 radical (unpaired) electrons. The zero-order chi connectivity index (χ0) is 13.9. The van der Waals surface area contributed by atoms with Gasteiger partial charge >= 0.3 is 0 Å². The number of hydrogen-bond donors (Lipinski definition) is 2. The summed E-state index contributed by atoms with van der Waals surface area (Å²) in [5.74, 6) is 0.154. The fourth-order valence-electron chi connectivity index (χ4n) is 2.73. The lowest BCUT2D eigenvalue weighted by molar-refractivity contribution is 0.1000. The van der Waals surface area contributed by atoms with Crippen molar-refractivity contribution in [2.45, 2.75) is 42.4 Å². The Balaban J connectivity index is 1.90. The summed E-state index contributed by atoms with van der Waals surface area (Å²) in [5.41, 5.74) is 9.00.